The van der Waals surface area contributed by atoms with Crippen LogP contribution < -0.4 is 9.62 Å². The molecule has 2 aromatic carbocycles. The van der Waals surface area contributed by atoms with Gasteiger partial charge in [-0.05, 0) is 61.2 Å². The smallest absolute Gasteiger partial charge is 0.356 e. The standard InChI is InChI=1S/C21H20ClF3N4O2S/c22-16-4-6-17(7-5-16)32(30,31)28-11-14-2-1-9-29(12-14)20-18-10-15(21(23,24)25)3-8-19(18)26-13-27-20/h3-8,10,13-14,28H,1-2,9,11-12H2. The van der Waals surface area contributed by atoms with Crippen LogP contribution in [0.2, 0.25) is 5.02 Å². The number of nitrogens with zero attached hydrogens (tertiary/aromatic N) is 3. The van der Waals surface area contributed by atoms with Crippen LogP contribution in [0, 0.1) is 5.92 Å². The lowest BCUT2D eigenvalue weighted by atomic mass is 9.98. The van der Waals surface area contributed by atoms with Gasteiger partial charge in [0.05, 0.1) is 16.0 Å². The number of fused-ring (bicyclic) bond motifs is 1. The van der Waals surface area contributed by atoms with E-state index in [2.05, 4.69) is 14.7 Å². The lowest BCUT2D eigenvalue weighted by Gasteiger charge is -2.34. The SMILES string of the molecule is O=S(=O)(NCC1CCCN(c2ncnc3ccc(C(F)(F)F)cc23)C1)c1ccc(Cl)cc1. The molecule has 32 heavy (non-hydrogen) atoms. The number of benzene rings is 2. The number of nitrogens with one attached hydrogen (secondary N) is 1. The molecule has 1 aliphatic rings. The lowest BCUT2D eigenvalue weighted by molar-refractivity contribution is -0.137. The molecule has 2 heterocycles. The van der Waals surface area contributed by atoms with Crippen molar-refractivity contribution in [3.8, 4) is 0 Å². The Morgan fingerprint density at radius 3 is 2.59 bits per heavy atom. The minimum Gasteiger partial charge on any atom is -0.356 e. The first-order chi connectivity index (χ1) is 15.1. The van der Waals surface area contributed by atoms with Gasteiger partial charge in [-0.25, -0.2) is 23.1 Å². The highest BCUT2D eigenvalue weighted by atomic mass is 35.5. The van der Waals surface area contributed by atoms with Crippen LogP contribution in [-0.4, -0.2) is 38.0 Å². The molecule has 0 spiro atoms. The minimum absolute atomic E-state index is 0.0263. The second kappa shape index (κ2) is 8.84. The van der Waals surface area contributed by atoms with E-state index in [1.165, 1.54) is 36.7 Å². The van der Waals surface area contributed by atoms with Gasteiger partial charge in [-0.1, -0.05) is 11.6 Å². The number of alkyl halides is 3. The van der Waals surface area contributed by atoms with Crippen LogP contribution in [0.25, 0.3) is 10.9 Å². The molecule has 0 bridgehead atoms. The molecule has 6 nitrogen and oxygen atoms in total. The molecule has 1 unspecified atom stereocenters. The Labute approximate surface area is 188 Å². The number of halogens is 4. The number of anilines is 1. The fourth-order valence-corrected chi connectivity index (χ4v) is 5.06. The van der Waals surface area contributed by atoms with Crippen LogP contribution in [0.5, 0.6) is 0 Å². The molecule has 4 rings (SSSR count). The van der Waals surface area contributed by atoms with Crippen LogP contribution in [0.1, 0.15) is 18.4 Å². The molecule has 170 valence electrons. The third-order valence-electron chi connectivity index (χ3n) is 5.45. The molecule has 1 aliphatic heterocycles. The maximum Gasteiger partial charge on any atom is 0.416 e. The highest BCUT2D eigenvalue weighted by molar-refractivity contribution is 7.89. The Balaban J connectivity index is 1.52. The lowest BCUT2D eigenvalue weighted by Crippen LogP contribution is -2.41. The largest absolute Gasteiger partial charge is 0.416 e. The van der Waals surface area contributed by atoms with Gasteiger partial charge in [0, 0.05) is 30.0 Å². The summed E-state index contributed by atoms with van der Waals surface area (Å²) in [6, 6.07) is 9.29. The van der Waals surface area contributed by atoms with Crippen LogP contribution in [0.3, 0.4) is 0 Å². The zero-order chi connectivity index (χ0) is 22.9. The summed E-state index contributed by atoms with van der Waals surface area (Å²) in [5.74, 6) is 0.396. The Morgan fingerprint density at radius 1 is 1.12 bits per heavy atom. The van der Waals surface area contributed by atoms with E-state index in [-0.39, 0.29) is 17.4 Å². The number of aromatic nitrogens is 2. The van der Waals surface area contributed by atoms with E-state index >= 15 is 0 Å². The van der Waals surface area contributed by atoms with Gasteiger partial charge in [-0.15, -0.1) is 0 Å². The molecule has 11 heteroatoms. The molecule has 1 aromatic heterocycles. The fraction of sp³-hybridized carbons (Fsp3) is 0.333. The average Bonchev–Trinajstić information content (AvgIpc) is 2.77. The Bertz CT molecular complexity index is 1220. The first kappa shape index (κ1) is 22.8. The first-order valence-corrected chi connectivity index (χ1v) is 11.8. The van der Waals surface area contributed by atoms with Crippen LogP contribution in [0.15, 0.2) is 53.7 Å². The predicted octanol–water partition coefficient (Wildman–Crippen LogP) is 4.50. The van der Waals surface area contributed by atoms with Gasteiger partial charge in [0.2, 0.25) is 10.0 Å². The van der Waals surface area contributed by atoms with Gasteiger partial charge < -0.3 is 4.90 Å². The summed E-state index contributed by atoms with van der Waals surface area (Å²) in [6.45, 7) is 1.28. The molecule has 0 amide bonds. The van der Waals surface area contributed by atoms with Crippen molar-refractivity contribution < 1.29 is 21.6 Å². The fourth-order valence-electron chi connectivity index (χ4n) is 3.82. The number of hydrogen-bond acceptors (Lipinski definition) is 5. The van der Waals surface area contributed by atoms with Crippen LogP contribution in [-0.2, 0) is 16.2 Å². The van der Waals surface area contributed by atoms with E-state index in [1.807, 2.05) is 4.90 Å². The molecular formula is C21H20ClF3N4O2S. The van der Waals surface area contributed by atoms with Crippen molar-refractivity contribution in [3.05, 3.63) is 59.4 Å². The molecule has 1 fully saturated rings. The zero-order valence-electron chi connectivity index (χ0n) is 16.8. The van der Waals surface area contributed by atoms with E-state index < -0.39 is 21.8 Å². The van der Waals surface area contributed by atoms with Gasteiger partial charge in [-0.2, -0.15) is 13.2 Å². The summed E-state index contributed by atoms with van der Waals surface area (Å²) in [4.78, 5) is 10.3. The topological polar surface area (TPSA) is 75.2 Å². The van der Waals surface area contributed by atoms with Crippen molar-refractivity contribution in [3.63, 3.8) is 0 Å². The van der Waals surface area contributed by atoms with Crippen molar-refractivity contribution in [2.45, 2.75) is 23.9 Å². The zero-order valence-corrected chi connectivity index (χ0v) is 18.4. The van der Waals surface area contributed by atoms with E-state index in [4.69, 9.17) is 11.6 Å². The van der Waals surface area contributed by atoms with E-state index in [9.17, 15) is 21.6 Å². The van der Waals surface area contributed by atoms with Gasteiger partial charge in [0.15, 0.2) is 0 Å². The average molecular weight is 485 g/mol. The van der Waals surface area contributed by atoms with Crippen molar-refractivity contribution >= 4 is 38.3 Å². The van der Waals surface area contributed by atoms with Gasteiger partial charge >= 0.3 is 6.18 Å². The molecular weight excluding hydrogens is 465 g/mol. The Kier molecular flexibility index (Phi) is 6.28. The van der Waals surface area contributed by atoms with Gasteiger partial charge in [0.1, 0.15) is 12.1 Å². The van der Waals surface area contributed by atoms with Gasteiger partial charge in [-0.3, -0.25) is 0 Å². The third kappa shape index (κ3) is 4.97. The molecule has 3 aromatic rings. The minimum atomic E-state index is -4.47. The first-order valence-electron chi connectivity index (χ1n) is 9.95. The number of piperidine rings is 1. The molecule has 1 N–H and O–H groups in total. The van der Waals surface area contributed by atoms with Crippen LogP contribution >= 0.6 is 11.6 Å². The summed E-state index contributed by atoms with van der Waals surface area (Å²) < 4.78 is 67.3. The number of sulfonamides is 1. The van der Waals surface area contributed by atoms with E-state index in [0.717, 1.165) is 25.0 Å². The highest BCUT2D eigenvalue weighted by Gasteiger charge is 2.31. The summed E-state index contributed by atoms with van der Waals surface area (Å²) in [7, 11) is -3.69. The third-order valence-corrected chi connectivity index (χ3v) is 7.14. The molecule has 0 saturated carbocycles. The van der Waals surface area contributed by atoms with Crippen molar-refractivity contribution in [1.29, 1.82) is 0 Å². The van der Waals surface area contributed by atoms with E-state index in [1.54, 1.807) is 0 Å². The highest BCUT2D eigenvalue weighted by Crippen LogP contribution is 2.34. The predicted molar refractivity (Wildman–Crippen MR) is 116 cm³/mol. The number of rotatable bonds is 5. The summed E-state index contributed by atoms with van der Waals surface area (Å²) >= 11 is 5.82. The summed E-state index contributed by atoms with van der Waals surface area (Å²) in [6.07, 6.45) is -1.59. The number of hydrogen-bond donors (Lipinski definition) is 1. The Hall–Kier alpha value is -2.43. The van der Waals surface area contributed by atoms with Crippen LogP contribution in [0.4, 0.5) is 19.0 Å². The second-order valence-corrected chi connectivity index (χ2v) is 9.89. The molecule has 1 saturated heterocycles. The van der Waals surface area contributed by atoms with Crippen molar-refractivity contribution in [2.75, 3.05) is 24.5 Å². The normalized spacial score (nSPS) is 17.6. The molecule has 0 aliphatic carbocycles. The van der Waals surface area contributed by atoms with Crippen molar-refractivity contribution in [1.82, 2.24) is 14.7 Å². The Morgan fingerprint density at radius 2 is 1.88 bits per heavy atom. The van der Waals surface area contributed by atoms with E-state index in [0.29, 0.717) is 34.8 Å². The maximum absolute atomic E-state index is 13.2. The molecule has 1 atom stereocenters. The summed E-state index contributed by atoms with van der Waals surface area (Å²) in [5.41, 5.74) is -0.334. The monoisotopic (exact) mass is 484 g/mol. The summed E-state index contributed by atoms with van der Waals surface area (Å²) in [5, 5.41) is 0.766. The van der Waals surface area contributed by atoms with Gasteiger partial charge in [0.25, 0.3) is 0 Å². The maximum atomic E-state index is 13.2. The quantitative estimate of drug-likeness (QED) is 0.577. The molecule has 0 radical (unpaired) electrons. The second-order valence-electron chi connectivity index (χ2n) is 7.69. The van der Waals surface area contributed by atoms with Crippen molar-refractivity contribution in [2.24, 2.45) is 5.92 Å².